The van der Waals surface area contributed by atoms with Gasteiger partial charge in [0.25, 0.3) is 0 Å². The Morgan fingerprint density at radius 3 is 2.20 bits per heavy atom. The van der Waals surface area contributed by atoms with E-state index in [1.165, 1.54) is 0 Å². The predicted octanol–water partition coefficient (Wildman–Crippen LogP) is 0.376. The predicted molar refractivity (Wildman–Crippen MR) is 58.6 cm³/mol. The minimum atomic E-state index is -2.26. The van der Waals surface area contributed by atoms with E-state index < -0.39 is 8.56 Å². The van der Waals surface area contributed by atoms with Crippen molar-refractivity contribution in [2.45, 2.75) is 26.3 Å². The first kappa shape index (κ1) is 14.3. The van der Waals surface area contributed by atoms with Crippen LogP contribution in [0.1, 0.15) is 19.8 Å². The smallest absolute Gasteiger partial charge is 0.354 e. The number of ketones is 1. The summed E-state index contributed by atoms with van der Waals surface area (Å²) in [4.78, 5) is 22.2. The van der Waals surface area contributed by atoms with Crippen LogP contribution < -0.4 is 5.32 Å². The molecule has 0 atom stereocenters. The van der Waals surface area contributed by atoms with Gasteiger partial charge in [-0.2, -0.15) is 0 Å². The largest absolute Gasteiger partial charge is 0.397 e. The molecule has 0 aromatic carbocycles. The molecule has 0 saturated heterocycles. The molecule has 0 unspecified atom stereocenters. The molecule has 0 radical (unpaired) electrons. The Morgan fingerprint density at radius 1 is 1.27 bits per heavy atom. The van der Waals surface area contributed by atoms with Gasteiger partial charge in [-0.15, -0.1) is 0 Å². The highest BCUT2D eigenvalue weighted by Gasteiger charge is 2.29. The molecule has 15 heavy (non-hydrogen) atoms. The van der Waals surface area contributed by atoms with E-state index in [-0.39, 0.29) is 18.1 Å². The lowest BCUT2D eigenvalue weighted by Gasteiger charge is -2.22. The number of carbonyl (C=O) groups excluding carboxylic acids is 2. The Labute approximate surface area is 91.4 Å². The van der Waals surface area contributed by atoms with Gasteiger partial charge in [0, 0.05) is 20.6 Å². The molecule has 1 N–H and O–H groups in total. The first-order valence-corrected chi connectivity index (χ1v) is 7.38. The van der Waals surface area contributed by atoms with Crippen LogP contribution in [-0.2, 0) is 18.4 Å². The zero-order chi connectivity index (χ0) is 11.9. The van der Waals surface area contributed by atoms with E-state index in [9.17, 15) is 9.59 Å². The van der Waals surface area contributed by atoms with Crippen molar-refractivity contribution in [3.63, 3.8) is 0 Å². The van der Waals surface area contributed by atoms with Crippen molar-refractivity contribution in [3.8, 4) is 0 Å². The fourth-order valence-corrected chi connectivity index (χ4v) is 1.83. The number of hydrogen-bond donors (Lipinski definition) is 1. The monoisotopic (exact) mass is 233 g/mol. The van der Waals surface area contributed by atoms with Gasteiger partial charge >= 0.3 is 8.56 Å². The van der Waals surface area contributed by atoms with Crippen LogP contribution in [0.5, 0.6) is 0 Å². The van der Waals surface area contributed by atoms with Gasteiger partial charge in [-0.3, -0.25) is 9.59 Å². The lowest BCUT2D eigenvalue weighted by atomic mass is 10.2. The molecule has 0 heterocycles. The van der Waals surface area contributed by atoms with Crippen LogP contribution in [0.3, 0.4) is 0 Å². The highest BCUT2D eigenvalue weighted by molar-refractivity contribution is 6.66. The van der Waals surface area contributed by atoms with E-state index in [4.69, 9.17) is 8.85 Å². The third kappa shape index (κ3) is 5.66. The van der Waals surface area contributed by atoms with E-state index in [0.717, 1.165) is 0 Å². The normalized spacial score (nSPS) is 11.2. The molecule has 0 aliphatic heterocycles. The van der Waals surface area contributed by atoms with Crippen molar-refractivity contribution in [3.05, 3.63) is 0 Å². The maximum Gasteiger partial charge on any atom is 0.354 e. The first-order chi connectivity index (χ1) is 6.97. The second kappa shape index (κ2) is 6.70. The Morgan fingerprint density at radius 2 is 1.80 bits per heavy atom. The second-order valence-corrected chi connectivity index (χ2v) is 6.83. The molecular weight excluding hydrogens is 214 g/mol. The van der Waals surface area contributed by atoms with Gasteiger partial charge in [-0.25, -0.2) is 0 Å². The summed E-state index contributed by atoms with van der Waals surface area (Å²) in [5.74, 6) is -0.333. The standard InChI is InChI=1S/C9H19NO4Si/c1-5-8(11)6-9(12)10-7-15(4,13-2)14-3/h5-7H2,1-4H3,(H,10,12). The number of carbonyl (C=O) groups is 2. The molecule has 0 saturated carbocycles. The highest BCUT2D eigenvalue weighted by atomic mass is 28.4. The Bertz CT molecular complexity index is 228. The summed E-state index contributed by atoms with van der Waals surface area (Å²) in [5.41, 5.74) is 0. The quantitative estimate of drug-likeness (QED) is 0.510. The molecule has 0 bridgehead atoms. The van der Waals surface area contributed by atoms with Gasteiger partial charge in [0.15, 0.2) is 0 Å². The molecule has 0 aliphatic carbocycles. The molecule has 5 nitrogen and oxygen atoms in total. The average molecular weight is 233 g/mol. The summed E-state index contributed by atoms with van der Waals surface area (Å²) < 4.78 is 10.4. The Balaban J connectivity index is 3.94. The van der Waals surface area contributed by atoms with Crippen molar-refractivity contribution in [1.29, 1.82) is 0 Å². The molecular formula is C9H19NO4Si. The minimum absolute atomic E-state index is 0.0611. The minimum Gasteiger partial charge on any atom is -0.397 e. The zero-order valence-electron chi connectivity index (χ0n) is 9.75. The Hall–Kier alpha value is -0.723. The van der Waals surface area contributed by atoms with Gasteiger partial charge in [0.1, 0.15) is 5.78 Å². The maximum absolute atomic E-state index is 11.3. The molecule has 88 valence electrons. The van der Waals surface area contributed by atoms with E-state index in [1.54, 1.807) is 21.1 Å². The van der Waals surface area contributed by atoms with Crippen LogP contribution in [0.4, 0.5) is 0 Å². The molecule has 0 rings (SSSR count). The SMILES string of the molecule is CCC(=O)CC(=O)NC[Si](C)(OC)OC. The summed E-state index contributed by atoms with van der Waals surface area (Å²) in [6, 6.07) is 0. The van der Waals surface area contributed by atoms with Gasteiger partial charge in [0.2, 0.25) is 5.91 Å². The third-order valence-electron chi connectivity index (χ3n) is 2.22. The van der Waals surface area contributed by atoms with E-state index in [1.807, 2.05) is 6.55 Å². The fraction of sp³-hybridized carbons (Fsp3) is 0.778. The number of hydrogen-bond acceptors (Lipinski definition) is 4. The molecule has 0 fully saturated rings. The average Bonchev–Trinajstić information content (AvgIpc) is 2.25. The summed E-state index contributed by atoms with van der Waals surface area (Å²) in [6.45, 7) is 3.58. The summed E-state index contributed by atoms with van der Waals surface area (Å²) in [5, 5.41) is 2.64. The van der Waals surface area contributed by atoms with E-state index in [0.29, 0.717) is 12.6 Å². The van der Waals surface area contributed by atoms with Crippen LogP contribution in [0, 0.1) is 0 Å². The van der Waals surface area contributed by atoms with Crippen molar-refractivity contribution < 1.29 is 18.4 Å². The van der Waals surface area contributed by atoms with Crippen LogP contribution in [0.25, 0.3) is 0 Å². The molecule has 0 aromatic rings. The summed E-state index contributed by atoms with van der Waals surface area (Å²) >= 11 is 0. The summed E-state index contributed by atoms with van der Waals surface area (Å²) in [7, 11) is 0.845. The Kier molecular flexibility index (Phi) is 6.38. The van der Waals surface area contributed by atoms with Gasteiger partial charge < -0.3 is 14.2 Å². The summed E-state index contributed by atoms with van der Waals surface area (Å²) in [6.07, 6.45) is 0.681. The van der Waals surface area contributed by atoms with Gasteiger partial charge in [-0.1, -0.05) is 6.92 Å². The van der Waals surface area contributed by atoms with Crippen molar-refractivity contribution >= 4 is 20.3 Å². The van der Waals surface area contributed by atoms with Crippen LogP contribution >= 0.6 is 0 Å². The van der Waals surface area contributed by atoms with E-state index in [2.05, 4.69) is 5.32 Å². The van der Waals surface area contributed by atoms with Crippen molar-refractivity contribution in [2.24, 2.45) is 0 Å². The van der Waals surface area contributed by atoms with Crippen LogP contribution in [0.15, 0.2) is 0 Å². The third-order valence-corrected chi connectivity index (χ3v) is 4.77. The first-order valence-electron chi connectivity index (χ1n) is 4.86. The fourth-order valence-electron chi connectivity index (χ4n) is 0.853. The van der Waals surface area contributed by atoms with Gasteiger partial charge in [0.05, 0.1) is 12.6 Å². The molecule has 0 aliphatic rings. The molecule has 1 amide bonds. The number of Topliss-reactive ketones (excluding diaryl/α,β-unsaturated/α-hetero) is 1. The number of amides is 1. The zero-order valence-corrected chi connectivity index (χ0v) is 10.8. The lowest BCUT2D eigenvalue weighted by molar-refractivity contribution is -0.127. The second-order valence-electron chi connectivity index (χ2n) is 3.39. The number of rotatable bonds is 7. The van der Waals surface area contributed by atoms with Crippen LogP contribution in [-0.4, -0.2) is 40.6 Å². The molecule has 0 aromatic heterocycles. The van der Waals surface area contributed by atoms with Crippen molar-refractivity contribution in [1.82, 2.24) is 5.32 Å². The molecule has 0 spiro atoms. The van der Waals surface area contributed by atoms with E-state index >= 15 is 0 Å². The lowest BCUT2D eigenvalue weighted by Crippen LogP contribution is -2.49. The maximum atomic E-state index is 11.3. The number of nitrogens with one attached hydrogen (secondary N) is 1. The van der Waals surface area contributed by atoms with Crippen LogP contribution in [0.2, 0.25) is 6.55 Å². The highest BCUT2D eigenvalue weighted by Crippen LogP contribution is 2.01. The topological polar surface area (TPSA) is 64.6 Å². The molecule has 6 heteroatoms. The van der Waals surface area contributed by atoms with Crippen molar-refractivity contribution in [2.75, 3.05) is 20.4 Å². The van der Waals surface area contributed by atoms with Gasteiger partial charge in [-0.05, 0) is 6.55 Å².